The molecule has 2 rings (SSSR count). The van der Waals surface area contributed by atoms with Crippen LogP contribution in [0.5, 0.6) is 0 Å². The van der Waals surface area contributed by atoms with Gasteiger partial charge < -0.3 is 14.6 Å². The van der Waals surface area contributed by atoms with E-state index in [1.807, 2.05) is 19.2 Å². The predicted octanol–water partition coefficient (Wildman–Crippen LogP) is 2.39. The van der Waals surface area contributed by atoms with Crippen LogP contribution in [0.3, 0.4) is 0 Å². The topological polar surface area (TPSA) is 45.5 Å². The Morgan fingerprint density at radius 2 is 2.44 bits per heavy atom. The highest BCUT2D eigenvalue weighted by molar-refractivity contribution is 9.10. The number of carbonyl (C=O) groups is 1. The monoisotopic (exact) mass is 314 g/mol. The lowest BCUT2D eigenvalue weighted by Gasteiger charge is -2.24. The largest absolute Gasteiger partial charge is 0.452 e. The van der Waals surface area contributed by atoms with Gasteiger partial charge in [0.1, 0.15) is 5.76 Å². The molecule has 1 aliphatic rings. The molecule has 1 N–H and O–H groups in total. The summed E-state index contributed by atoms with van der Waals surface area (Å²) in [5.74, 6) is 1.48. The summed E-state index contributed by atoms with van der Waals surface area (Å²) in [6, 6.07) is 3.73. The van der Waals surface area contributed by atoms with Crippen molar-refractivity contribution in [3.63, 3.8) is 0 Å². The molecule has 1 aliphatic heterocycles. The second-order valence-electron chi connectivity index (χ2n) is 4.87. The van der Waals surface area contributed by atoms with Crippen molar-refractivity contribution in [3.8, 4) is 0 Å². The zero-order valence-corrected chi connectivity index (χ0v) is 12.2. The van der Waals surface area contributed by atoms with Crippen molar-refractivity contribution in [3.05, 3.63) is 22.6 Å². The second kappa shape index (κ2) is 6.38. The van der Waals surface area contributed by atoms with Gasteiger partial charge in [0.2, 0.25) is 5.91 Å². The summed E-state index contributed by atoms with van der Waals surface area (Å²) in [5.41, 5.74) is 0. The summed E-state index contributed by atoms with van der Waals surface area (Å²) in [4.78, 5) is 13.8. The van der Waals surface area contributed by atoms with Crippen molar-refractivity contribution in [2.45, 2.75) is 25.8 Å². The van der Waals surface area contributed by atoms with Gasteiger partial charge in [-0.15, -0.1) is 0 Å². The third kappa shape index (κ3) is 3.85. The van der Waals surface area contributed by atoms with Gasteiger partial charge in [0, 0.05) is 13.5 Å². The molecule has 100 valence electrons. The van der Waals surface area contributed by atoms with Crippen LogP contribution in [-0.2, 0) is 11.3 Å². The summed E-state index contributed by atoms with van der Waals surface area (Å²) >= 11 is 3.26. The number of amides is 1. The van der Waals surface area contributed by atoms with Crippen molar-refractivity contribution in [1.82, 2.24) is 10.2 Å². The highest BCUT2D eigenvalue weighted by atomic mass is 79.9. The first kappa shape index (κ1) is 13.6. The summed E-state index contributed by atoms with van der Waals surface area (Å²) in [7, 11) is 1.83. The Bertz CT molecular complexity index is 399. The normalized spacial score (nSPS) is 19.8. The fraction of sp³-hybridized carbons (Fsp3) is 0.615. The Morgan fingerprint density at radius 1 is 1.61 bits per heavy atom. The Morgan fingerprint density at radius 3 is 3.06 bits per heavy atom. The number of halogens is 1. The molecule has 1 saturated heterocycles. The molecule has 0 bridgehead atoms. The molecule has 0 radical (unpaired) electrons. The smallest absolute Gasteiger partial charge is 0.223 e. The quantitative estimate of drug-likeness (QED) is 0.928. The molecule has 0 saturated carbocycles. The maximum absolute atomic E-state index is 12.1. The summed E-state index contributed by atoms with van der Waals surface area (Å²) in [5, 5.41) is 3.34. The fourth-order valence-corrected chi connectivity index (χ4v) is 2.60. The van der Waals surface area contributed by atoms with E-state index in [4.69, 9.17) is 4.42 Å². The maximum atomic E-state index is 12.1. The minimum Gasteiger partial charge on any atom is -0.452 e. The van der Waals surface area contributed by atoms with Crippen molar-refractivity contribution >= 4 is 21.8 Å². The molecule has 0 aromatic carbocycles. The third-order valence-electron chi connectivity index (χ3n) is 3.31. The third-order valence-corrected chi connectivity index (χ3v) is 3.74. The molecular formula is C13H19BrN2O2. The SMILES string of the molecule is CN(Cc1ccc(Br)o1)C(=O)CC1CCCNC1. The first-order chi connectivity index (χ1) is 8.65. The lowest BCUT2D eigenvalue weighted by Crippen LogP contribution is -2.34. The molecular weight excluding hydrogens is 296 g/mol. The molecule has 1 atom stereocenters. The minimum atomic E-state index is 0.191. The zero-order chi connectivity index (χ0) is 13.0. The summed E-state index contributed by atoms with van der Waals surface area (Å²) in [6.07, 6.45) is 2.96. The number of carbonyl (C=O) groups excluding carboxylic acids is 1. The summed E-state index contributed by atoms with van der Waals surface area (Å²) in [6.45, 7) is 2.58. The predicted molar refractivity (Wildman–Crippen MR) is 73.1 cm³/mol. The van der Waals surface area contributed by atoms with Crippen molar-refractivity contribution < 1.29 is 9.21 Å². The molecule has 1 aromatic rings. The van der Waals surface area contributed by atoms with E-state index in [-0.39, 0.29) is 5.91 Å². The van der Waals surface area contributed by atoms with E-state index in [9.17, 15) is 4.79 Å². The van der Waals surface area contributed by atoms with Gasteiger partial charge in [-0.25, -0.2) is 0 Å². The van der Waals surface area contributed by atoms with E-state index in [2.05, 4.69) is 21.2 Å². The number of rotatable bonds is 4. The highest BCUT2D eigenvalue weighted by Gasteiger charge is 2.19. The molecule has 5 heteroatoms. The van der Waals surface area contributed by atoms with E-state index in [0.29, 0.717) is 23.6 Å². The van der Waals surface area contributed by atoms with Crippen LogP contribution in [0.1, 0.15) is 25.0 Å². The summed E-state index contributed by atoms with van der Waals surface area (Å²) < 4.78 is 6.11. The number of nitrogens with one attached hydrogen (secondary N) is 1. The van der Waals surface area contributed by atoms with Crippen LogP contribution >= 0.6 is 15.9 Å². The van der Waals surface area contributed by atoms with Gasteiger partial charge >= 0.3 is 0 Å². The van der Waals surface area contributed by atoms with Crippen LogP contribution in [0.4, 0.5) is 0 Å². The number of hydrogen-bond donors (Lipinski definition) is 1. The van der Waals surface area contributed by atoms with Crippen LogP contribution in [0.2, 0.25) is 0 Å². The lowest BCUT2D eigenvalue weighted by molar-refractivity contribution is -0.131. The average molecular weight is 315 g/mol. The molecule has 1 aromatic heterocycles. The van der Waals surface area contributed by atoms with Gasteiger partial charge in [-0.3, -0.25) is 4.79 Å². The average Bonchev–Trinajstić information content (AvgIpc) is 2.76. The fourth-order valence-electron chi connectivity index (χ4n) is 2.26. The Balaban J connectivity index is 1.80. The van der Waals surface area contributed by atoms with Gasteiger partial charge in [-0.1, -0.05) is 0 Å². The van der Waals surface area contributed by atoms with Gasteiger partial charge in [0.05, 0.1) is 6.54 Å². The van der Waals surface area contributed by atoms with Crippen molar-refractivity contribution in [2.75, 3.05) is 20.1 Å². The number of hydrogen-bond acceptors (Lipinski definition) is 3. The Kier molecular flexibility index (Phi) is 4.83. The maximum Gasteiger partial charge on any atom is 0.223 e. The zero-order valence-electron chi connectivity index (χ0n) is 10.6. The van der Waals surface area contributed by atoms with Crippen LogP contribution in [0.25, 0.3) is 0 Å². The van der Waals surface area contributed by atoms with Crippen LogP contribution in [0.15, 0.2) is 21.2 Å². The van der Waals surface area contributed by atoms with E-state index in [1.165, 1.54) is 6.42 Å². The molecule has 0 aliphatic carbocycles. The van der Waals surface area contributed by atoms with E-state index < -0.39 is 0 Å². The first-order valence-corrected chi connectivity index (χ1v) is 7.13. The standard InChI is InChI=1S/C13H19BrN2O2/c1-16(9-11-4-5-12(14)18-11)13(17)7-10-3-2-6-15-8-10/h4-5,10,15H,2-3,6-9H2,1H3. The van der Waals surface area contributed by atoms with Crippen LogP contribution in [0, 0.1) is 5.92 Å². The molecule has 4 nitrogen and oxygen atoms in total. The van der Waals surface area contributed by atoms with Crippen LogP contribution in [-0.4, -0.2) is 30.9 Å². The van der Waals surface area contributed by atoms with Crippen LogP contribution < -0.4 is 5.32 Å². The number of nitrogens with zero attached hydrogens (tertiary/aromatic N) is 1. The Labute approximate surface area is 116 Å². The van der Waals surface area contributed by atoms with Crippen molar-refractivity contribution in [2.24, 2.45) is 5.92 Å². The van der Waals surface area contributed by atoms with Gasteiger partial charge in [-0.05, 0) is 59.9 Å². The molecule has 1 fully saturated rings. The van der Waals surface area contributed by atoms with E-state index in [1.54, 1.807) is 4.90 Å². The highest BCUT2D eigenvalue weighted by Crippen LogP contribution is 2.18. The second-order valence-corrected chi connectivity index (χ2v) is 5.65. The van der Waals surface area contributed by atoms with Crippen molar-refractivity contribution in [1.29, 1.82) is 0 Å². The number of piperidine rings is 1. The minimum absolute atomic E-state index is 0.191. The molecule has 1 amide bonds. The lowest BCUT2D eigenvalue weighted by atomic mass is 9.96. The Hall–Kier alpha value is -0.810. The van der Waals surface area contributed by atoms with Gasteiger partial charge in [0.25, 0.3) is 0 Å². The molecule has 0 spiro atoms. The van der Waals surface area contributed by atoms with Gasteiger partial charge in [0.15, 0.2) is 4.67 Å². The van der Waals surface area contributed by atoms with Gasteiger partial charge in [-0.2, -0.15) is 0 Å². The first-order valence-electron chi connectivity index (χ1n) is 6.34. The number of furan rings is 1. The molecule has 2 heterocycles. The molecule has 1 unspecified atom stereocenters. The van der Waals surface area contributed by atoms with E-state index in [0.717, 1.165) is 25.3 Å². The van der Waals surface area contributed by atoms with E-state index >= 15 is 0 Å². The molecule has 18 heavy (non-hydrogen) atoms.